The van der Waals surface area contributed by atoms with Crippen LogP contribution in [0.4, 0.5) is 0 Å². The summed E-state index contributed by atoms with van der Waals surface area (Å²) in [7, 11) is 0. The van der Waals surface area contributed by atoms with Gasteiger partial charge in [-0.25, -0.2) is 0 Å². The number of rotatable bonds is 11. The van der Waals surface area contributed by atoms with Gasteiger partial charge >= 0.3 is 0 Å². The Morgan fingerprint density at radius 2 is 1.59 bits per heavy atom. The van der Waals surface area contributed by atoms with Gasteiger partial charge in [0.25, 0.3) is 0 Å². The van der Waals surface area contributed by atoms with Crippen molar-refractivity contribution in [3.05, 3.63) is 54.1 Å². The van der Waals surface area contributed by atoms with Gasteiger partial charge in [-0.1, -0.05) is 62.6 Å². The number of piperidine rings is 1. The van der Waals surface area contributed by atoms with Crippen LogP contribution in [-0.4, -0.2) is 37.4 Å². The fourth-order valence-corrected chi connectivity index (χ4v) is 4.10. The highest BCUT2D eigenvalue weighted by Gasteiger charge is 2.18. The van der Waals surface area contributed by atoms with Crippen molar-refractivity contribution in [3.63, 3.8) is 0 Å². The van der Waals surface area contributed by atoms with Crippen LogP contribution in [0, 0.1) is 5.92 Å². The van der Waals surface area contributed by atoms with Crippen molar-refractivity contribution in [3.8, 4) is 16.9 Å². The summed E-state index contributed by atoms with van der Waals surface area (Å²) in [5.74, 6) is 1.74. The molecule has 2 aromatic rings. The van der Waals surface area contributed by atoms with E-state index in [1.165, 1.54) is 58.2 Å². The van der Waals surface area contributed by atoms with Crippen molar-refractivity contribution in [2.24, 2.45) is 5.92 Å². The van der Waals surface area contributed by atoms with Crippen molar-refractivity contribution < 1.29 is 9.53 Å². The lowest BCUT2D eigenvalue weighted by Gasteiger charge is -2.31. The summed E-state index contributed by atoms with van der Waals surface area (Å²) in [6.45, 7) is 6.88. The van der Waals surface area contributed by atoms with Crippen LogP contribution in [-0.2, 0) is 0 Å². The van der Waals surface area contributed by atoms with E-state index in [4.69, 9.17) is 4.74 Å². The molecule has 1 heterocycles. The van der Waals surface area contributed by atoms with Crippen molar-refractivity contribution in [2.75, 3.05) is 26.2 Å². The molecule has 1 aliphatic rings. The Hall–Kier alpha value is -2.13. The van der Waals surface area contributed by atoms with Gasteiger partial charge in [0.2, 0.25) is 0 Å². The molecule has 3 rings (SSSR count). The summed E-state index contributed by atoms with van der Waals surface area (Å²) in [4.78, 5) is 13.4. The third-order valence-electron chi connectivity index (χ3n) is 6.06. The SMILES string of the molecule is CCCCCCN1CCC(CCOc2ccc(-c3ccc(C=O)cc3)cc2)CC1. The molecule has 1 saturated heterocycles. The maximum Gasteiger partial charge on any atom is 0.150 e. The molecule has 1 aliphatic heterocycles. The molecule has 0 spiro atoms. The van der Waals surface area contributed by atoms with Crippen LogP contribution in [0.5, 0.6) is 5.75 Å². The molecule has 1 fully saturated rings. The van der Waals surface area contributed by atoms with Gasteiger partial charge in [0.05, 0.1) is 6.61 Å². The highest BCUT2D eigenvalue weighted by atomic mass is 16.5. The fraction of sp³-hybridized carbons (Fsp3) is 0.500. The minimum Gasteiger partial charge on any atom is -0.494 e. The van der Waals surface area contributed by atoms with Crippen LogP contribution < -0.4 is 4.74 Å². The highest BCUT2D eigenvalue weighted by molar-refractivity contribution is 5.76. The standard InChI is InChI=1S/C26H35NO2/c1-2-3-4-5-17-27-18-14-22(15-19-27)16-20-29-26-12-10-25(11-13-26)24-8-6-23(21-28)7-9-24/h6-13,21-22H,2-5,14-20H2,1H3. The van der Waals surface area contributed by atoms with E-state index in [9.17, 15) is 4.79 Å². The lowest BCUT2D eigenvalue weighted by atomic mass is 9.94. The molecule has 156 valence electrons. The first-order valence-electron chi connectivity index (χ1n) is 11.3. The van der Waals surface area contributed by atoms with Crippen LogP contribution >= 0.6 is 0 Å². The van der Waals surface area contributed by atoms with Gasteiger partial charge < -0.3 is 9.64 Å². The Morgan fingerprint density at radius 1 is 0.931 bits per heavy atom. The van der Waals surface area contributed by atoms with Crippen LogP contribution in [0.25, 0.3) is 11.1 Å². The average Bonchev–Trinajstić information content (AvgIpc) is 2.78. The van der Waals surface area contributed by atoms with Crippen LogP contribution in [0.1, 0.15) is 62.2 Å². The van der Waals surface area contributed by atoms with Crippen molar-refractivity contribution in [1.29, 1.82) is 0 Å². The molecule has 0 aliphatic carbocycles. The molecular weight excluding hydrogens is 358 g/mol. The predicted molar refractivity (Wildman–Crippen MR) is 121 cm³/mol. The van der Waals surface area contributed by atoms with Crippen molar-refractivity contribution in [1.82, 2.24) is 4.90 Å². The van der Waals surface area contributed by atoms with Gasteiger partial charge in [0.1, 0.15) is 12.0 Å². The van der Waals surface area contributed by atoms with Gasteiger partial charge in [0, 0.05) is 5.56 Å². The van der Waals surface area contributed by atoms with Crippen molar-refractivity contribution >= 4 is 6.29 Å². The van der Waals surface area contributed by atoms with Gasteiger partial charge in [-0.3, -0.25) is 4.79 Å². The van der Waals surface area contributed by atoms with Crippen LogP contribution in [0.2, 0.25) is 0 Å². The summed E-state index contributed by atoms with van der Waals surface area (Å²) < 4.78 is 5.99. The number of nitrogens with zero attached hydrogens (tertiary/aromatic N) is 1. The number of benzene rings is 2. The van der Waals surface area contributed by atoms with E-state index in [2.05, 4.69) is 24.0 Å². The van der Waals surface area contributed by atoms with Gasteiger partial charge in [0.15, 0.2) is 0 Å². The Bertz CT molecular complexity index is 715. The van der Waals surface area contributed by atoms with Crippen LogP contribution in [0.3, 0.4) is 0 Å². The molecule has 3 heteroatoms. The third-order valence-corrected chi connectivity index (χ3v) is 6.06. The monoisotopic (exact) mass is 393 g/mol. The number of carbonyl (C=O) groups is 1. The normalized spacial score (nSPS) is 15.3. The number of unbranched alkanes of at least 4 members (excludes halogenated alkanes) is 3. The number of hydrogen-bond donors (Lipinski definition) is 0. The van der Waals surface area contributed by atoms with E-state index in [-0.39, 0.29) is 0 Å². The van der Waals surface area contributed by atoms with Gasteiger partial charge in [-0.05, 0) is 74.5 Å². The molecule has 0 unspecified atom stereocenters. The molecule has 0 radical (unpaired) electrons. The summed E-state index contributed by atoms with van der Waals surface area (Å²) in [5, 5.41) is 0. The van der Waals surface area contributed by atoms with E-state index in [0.29, 0.717) is 5.56 Å². The average molecular weight is 394 g/mol. The zero-order valence-corrected chi connectivity index (χ0v) is 17.8. The fourth-order valence-electron chi connectivity index (χ4n) is 4.10. The van der Waals surface area contributed by atoms with Crippen molar-refractivity contribution in [2.45, 2.75) is 51.9 Å². The highest BCUT2D eigenvalue weighted by Crippen LogP contribution is 2.24. The molecule has 0 amide bonds. The Kier molecular flexibility index (Phi) is 8.76. The number of likely N-dealkylation sites (tertiary alicyclic amines) is 1. The van der Waals surface area contributed by atoms with E-state index in [1.54, 1.807) is 0 Å². The molecule has 0 atom stereocenters. The largest absolute Gasteiger partial charge is 0.494 e. The number of ether oxygens (including phenoxy) is 1. The topological polar surface area (TPSA) is 29.5 Å². The lowest BCUT2D eigenvalue weighted by Crippen LogP contribution is -2.34. The molecular formula is C26H35NO2. The van der Waals surface area contributed by atoms with E-state index < -0.39 is 0 Å². The van der Waals surface area contributed by atoms with Gasteiger partial charge in [-0.2, -0.15) is 0 Å². The zero-order valence-electron chi connectivity index (χ0n) is 17.8. The predicted octanol–water partition coefficient (Wildman–Crippen LogP) is 6.23. The summed E-state index contributed by atoms with van der Waals surface area (Å²) >= 11 is 0. The maximum absolute atomic E-state index is 10.8. The lowest BCUT2D eigenvalue weighted by molar-refractivity contribution is 0.112. The molecule has 0 bridgehead atoms. The first-order valence-corrected chi connectivity index (χ1v) is 11.3. The first-order chi connectivity index (χ1) is 14.3. The third kappa shape index (κ3) is 7.01. The molecule has 2 aromatic carbocycles. The second-order valence-electron chi connectivity index (χ2n) is 8.25. The minimum absolute atomic E-state index is 0.705. The molecule has 3 nitrogen and oxygen atoms in total. The first kappa shape index (κ1) is 21.6. The Balaban J connectivity index is 1.35. The van der Waals surface area contributed by atoms with E-state index in [1.807, 2.05) is 36.4 Å². The quantitative estimate of drug-likeness (QED) is 0.335. The summed E-state index contributed by atoms with van der Waals surface area (Å²) in [6, 6.07) is 15.9. The number of hydrogen-bond acceptors (Lipinski definition) is 3. The number of aldehydes is 1. The van der Waals surface area contributed by atoms with Crippen LogP contribution in [0.15, 0.2) is 48.5 Å². The summed E-state index contributed by atoms with van der Waals surface area (Å²) in [5.41, 5.74) is 2.96. The molecule has 0 aromatic heterocycles. The smallest absolute Gasteiger partial charge is 0.150 e. The molecule has 0 N–H and O–H groups in total. The molecule has 0 saturated carbocycles. The zero-order chi connectivity index (χ0) is 20.3. The Morgan fingerprint density at radius 3 is 2.21 bits per heavy atom. The number of carbonyl (C=O) groups excluding carboxylic acids is 1. The molecule has 29 heavy (non-hydrogen) atoms. The minimum atomic E-state index is 0.705. The summed E-state index contributed by atoms with van der Waals surface area (Å²) in [6.07, 6.45) is 10.1. The second-order valence-corrected chi connectivity index (χ2v) is 8.25. The second kappa shape index (κ2) is 11.8. The maximum atomic E-state index is 10.8. The Labute approximate surface area is 176 Å². The van der Waals surface area contributed by atoms with E-state index >= 15 is 0 Å². The van der Waals surface area contributed by atoms with Gasteiger partial charge in [-0.15, -0.1) is 0 Å². The van der Waals surface area contributed by atoms with E-state index in [0.717, 1.165) is 42.1 Å².